The molecule has 0 radical (unpaired) electrons. The van der Waals surface area contributed by atoms with Crippen LogP contribution in [-0.2, 0) is 6.42 Å². The molecule has 0 saturated heterocycles. The van der Waals surface area contributed by atoms with Crippen molar-refractivity contribution in [1.82, 2.24) is 0 Å². The molecule has 0 aliphatic carbocycles. The van der Waals surface area contributed by atoms with Crippen LogP contribution in [0.2, 0.25) is 0 Å². The molecule has 1 unspecified atom stereocenters. The maximum absolute atomic E-state index is 9.29. The molecule has 0 saturated carbocycles. The summed E-state index contributed by atoms with van der Waals surface area (Å²) in [5, 5.41) is 18.0. The Labute approximate surface area is 95.9 Å². The summed E-state index contributed by atoms with van der Waals surface area (Å²) < 4.78 is 0. The second-order valence-corrected chi connectivity index (χ2v) is 3.95. The second-order valence-electron chi connectivity index (χ2n) is 3.95. The van der Waals surface area contributed by atoms with Gasteiger partial charge in [0.15, 0.2) is 0 Å². The lowest BCUT2D eigenvalue weighted by Gasteiger charge is -2.21. The molecule has 0 heterocycles. The number of likely N-dealkylation sites (N-methyl/N-ethyl adjacent to an activating group) is 1. The van der Waals surface area contributed by atoms with Gasteiger partial charge in [0.1, 0.15) is 0 Å². The number of nitriles is 1. The molecule has 1 atom stereocenters. The number of aliphatic hydroxyl groups excluding tert-OH is 1. The van der Waals surface area contributed by atoms with Gasteiger partial charge in [-0.15, -0.1) is 0 Å². The van der Waals surface area contributed by atoms with Crippen LogP contribution in [0.3, 0.4) is 0 Å². The lowest BCUT2D eigenvalue weighted by molar-refractivity contribution is 0.201. The number of benzene rings is 1. The average molecular weight is 219 g/mol. The highest BCUT2D eigenvalue weighted by Crippen LogP contribution is 2.20. The van der Waals surface area contributed by atoms with E-state index in [0.717, 1.165) is 11.3 Å². The van der Waals surface area contributed by atoms with Crippen molar-refractivity contribution >= 4 is 11.4 Å². The first-order valence-corrected chi connectivity index (χ1v) is 5.19. The number of hydrogen-bond donors (Lipinski definition) is 2. The molecule has 1 aromatic carbocycles. The second kappa shape index (κ2) is 5.38. The Kier molecular flexibility index (Phi) is 4.15. The zero-order valence-electron chi connectivity index (χ0n) is 9.64. The number of aliphatic hydroxyl groups is 1. The van der Waals surface area contributed by atoms with Gasteiger partial charge in [0.25, 0.3) is 0 Å². The van der Waals surface area contributed by atoms with Crippen LogP contribution in [0.5, 0.6) is 0 Å². The van der Waals surface area contributed by atoms with Gasteiger partial charge in [-0.25, -0.2) is 0 Å². The standard InChI is InChI=1S/C12H17N3O/c1-9(16)8-15(2)11-3-4-12(14)10(7-11)5-6-13/h3-4,7,9,16H,5,8,14H2,1-2H3. The van der Waals surface area contributed by atoms with Gasteiger partial charge in [-0.2, -0.15) is 5.26 Å². The Morgan fingerprint density at radius 3 is 2.81 bits per heavy atom. The van der Waals surface area contributed by atoms with E-state index in [1.165, 1.54) is 0 Å². The van der Waals surface area contributed by atoms with E-state index in [-0.39, 0.29) is 6.10 Å². The summed E-state index contributed by atoms with van der Waals surface area (Å²) in [6.07, 6.45) is -0.0793. The van der Waals surface area contributed by atoms with Gasteiger partial charge >= 0.3 is 0 Å². The molecule has 1 aromatic rings. The maximum atomic E-state index is 9.29. The fraction of sp³-hybridized carbons (Fsp3) is 0.417. The highest BCUT2D eigenvalue weighted by Gasteiger charge is 2.07. The summed E-state index contributed by atoms with van der Waals surface area (Å²) >= 11 is 0. The molecule has 0 aromatic heterocycles. The first kappa shape index (κ1) is 12.3. The zero-order chi connectivity index (χ0) is 12.1. The van der Waals surface area contributed by atoms with E-state index < -0.39 is 0 Å². The van der Waals surface area contributed by atoms with Crippen LogP contribution < -0.4 is 10.6 Å². The van der Waals surface area contributed by atoms with Crippen molar-refractivity contribution in [2.75, 3.05) is 24.2 Å². The highest BCUT2D eigenvalue weighted by atomic mass is 16.3. The monoisotopic (exact) mass is 219 g/mol. The van der Waals surface area contributed by atoms with Crippen LogP contribution in [0.1, 0.15) is 12.5 Å². The Balaban J connectivity index is 2.90. The molecule has 0 aliphatic rings. The molecular formula is C12H17N3O. The molecule has 0 fully saturated rings. The molecule has 4 nitrogen and oxygen atoms in total. The van der Waals surface area contributed by atoms with Crippen LogP contribution in [0.4, 0.5) is 11.4 Å². The maximum Gasteiger partial charge on any atom is 0.0686 e. The summed E-state index contributed by atoms with van der Waals surface area (Å²) in [5.41, 5.74) is 8.18. The Hall–Kier alpha value is -1.73. The third-order valence-corrected chi connectivity index (χ3v) is 2.37. The van der Waals surface area contributed by atoms with E-state index in [1.54, 1.807) is 13.0 Å². The van der Waals surface area contributed by atoms with Crippen molar-refractivity contribution in [3.05, 3.63) is 23.8 Å². The van der Waals surface area contributed by atoms with Crippen molar-refractivity contribution in [1.29, 1.82) is 5.26 Å². The molecule has 86 valence electrons. The van der Waals surface area contributed by atoms with Gasteiger partial charge < -0.3 is 15.7 Å². The van der Waals surface area contributed by atoms with E-state index in [0.29, 0.717) is 18.7 Å². The molecule has 0 amide bonds. The highest BCUT2D eigenvalue weighted by molar-refractivity contribution is 5.58. The van der Waals surface area contributed by atoms with Crippen molar-refractivity contribution in [3.8, 4) is 6.07 Å². The largest absolute Gasteiger partial charge is 0.398 e. The normalized spacial score (nSPS) is 11.9. The number of anilines is 2. The predicted octanol–water partition coefficient (Wildman–Crippen LogP) is 1.15. The third-order valence-electron chi connectivity index (χ3n) is 2.37. The minimum absolute atomic E-state index is 0.308. The summed E-state index contributed by atoms with van der Waals surface area (Å²) in [5.74, 6) is 0. The Morgan fingerprint density at radius 2 is 2.25 bits per heavy atom. The number of rotatable bonds is 4. The zero-order valence-corrected chi connectivity index (χ0v) is 9.64. The Bertz CT molecular complexity index is 396. The van der Waals surface area contributed by atoms with E-state index in [9.17, 15) is 5.11 Å². The van der Waals surface area contributed by atoms with Gasteiger partial charge in [-0.3, -0.25) is 0 Å². The summed E-state index contributed by atoms with van der Waals surface area (Å²) in [6, 6.07) is 7.65. The van der Waals surface area contributed by atoms with Gasteiger partial charge in [0.2, 0.25) is 0 Å². The smallest absolute Gasteiger partial charge is 0.0686 e. The van der Waals surface area contributed by atoms with Gasteiger partial charge in [0.05, 0.1) is 18.6 Å². The fourth-order valence-electron chi connectivity index (χ4n) is 1.57. The third kappa shape index (κ3) is 3.14. The topological polar surface area (TPSA) is 73.3 Å². The minimum Gasteiger partial charge on any atom is -0.398 e. The number of nitrogens with zero attached hydrogens (tertiary/aromatic N) is 2. The van der Waals surface area contributed by atoms with Gasteiger partial charge in [-0.05, 0) is 30.7 Å². The Morgan fingerprint density at radius 1 is 1.56 bits per heavy atom. The number of nitrogens with two attached hydrogens (primary N) is 1. The fourth-order valence-corrected chi connectivity index (χ4v) is 1.57. The first-order chi connectivity index (χ1) is 7.54. The number of hydrogen-bond acceptors (Lipinski definition) is 4. The van der Waals surface area contributed by atoms with Crippen molar-refractivity contribution in [3.63, 3.8) is 0 Å². The number of nitrogen functional groups attached to an aromatic ring is 1. The van der Waals surface area contributed by atoms with Gasteiger partial charge in [0, 0.05) is 25.0 Å². The van der Waals surface area contributed by atoms with E-state index in [1.807, 2.05) is 24.1 Å². The van der Waals surface area contributed by atoms with Crippen LogP contribution in [0.15, 0.2) is 18.2 Å². The lowest BCUT2D eigenvalue weighted by atomic mass is 10.1. The minimum atomic E-state index is -0.387. The van der Waals surface area contributed by atoms with Crippen LogP contribution in [-0.4, -0.2) is 24.8 Å². The molecule has 1 rings (SSSR count). The van der Waals surface area contributed by atoms with Crippen LogP contribution in [0, 0.1) is 11.3 Å². The van der Waals surface area contributed by atoms with Crippen LogP contribution >= 0.6 is 0 Å². The summed E-state index contributed by atoms with van der Waals surface area (Å²) in [6.45, 7) is 2.29. The van der Waals surface area contributed by atoms with E-state index in [2.05, 4.69) is 6.07 Å². The predicted molar refractivity (Wildman–Crippen MR) is 65.1 cm³/mol. The molecule has 4 heteroatoms. The van der Waals surface area contributed by atoms with Crippen molar-refractivity contribution < 1.29 is 5.11 Å². The van der Waals surface area contributed by atoms with Crippen LogP contribution in [0.25, 0.3) is 0 Å². The van der Waals surface area contributed by atoms with E-state index in [4.69, 9.17) is 11.0 Å². The quantitative estimate of drug-likeness (QED) is 0.745. The molecule has 16 heavy (non-hydrogen) atoms. The summed E-state index contributed by atoms with van der Waals surface area (Å²) in [4.78, 5) is 1.94. The first-order valence-electron chi connectivity index (χ1n) is 5.19. The SMILES string of the molecule is CC(O)CN(C)c1ccc(N)c(CC#N)c1. The molecular weight excluding hydrogens is 202 g/mol. The molecule has 0 spiro atoms. The van der Waals surface area contributed by atoms with E-state index >= 15 is 0 Å². The molecule has 0 aliphatic heterocycles. The lowest BCUT2D eigenvalue weighted by Crippen LogP contribution is -2.26. The van der Waals surface area contributed by atoms with Gasteiger partial charge in [-0.1, -0.05) is 0 Å². The average Bonchev–Trinajstić information content (AvgIpc) is 2.20. The summed E-state index contributed by atoms with van der Waals surface area (Å²) in [7, 11) is 1.90. The van der Waals surface area contributed by atoms with Crippen molar-refractivity contribution in [2.24, 2.45) is 0 Å². The molecule has 3 N–H and O–H groups in total. The molecule has 0 bridgehead atoms. The van der Waals surface area contributed by atoms with Crippen molar-refractivity contribution in [2.45, 2.75) is 19.4 Å².